The number of carbonyl (C=O) groups excluding carboxylic acids is 4. The molecule has 6 heteroatoms. The van der Waals surface area contributed by atoms with Gasteiger partial charge in [-0.2, -0.15) is 0 Å². The third kappa shape index (κ3) is 5.65. The van der Waals surface area contributed by atoms with Crippen LogP contribution in [-0.4, -0.2) is 36.7 Å². The number of ketones is 2. The molecule has 0 spiro atoms. The second kappa shape index (κ2) is 9.68. The van der Waals surface area contributed by atoms with E-state index in [4.69, 9.17) is 9.47 Å². The summed E-state index contributed by atoms with van der Waals surface area (Å²) in [6.07, 6.45) is 4.87. The van der Waals surface area contributed by atoms with E-state index in [1.807, 2.05) is 6.92 Å². The molecule has 2 fully saturated rings. The summed E-state index contributed by atoms with van der Waals surface area (Å²) in [6, 6.07) is 0. The number of rotatable bonds is 11. The molecule has 2 saturated heterocycles. The molecule has 0 amide bonds. The number of Topliss-reactive ketones (excluding diaryl/α,β-unsaturated/α-hetero) is 2. The predicted octanol–water partition coefficient (Wildman–Crippen LogP) is 2.62. The van der Waals surface area contributed by atoms with Gasteiger partial charge in [-0.05, 0) is 38.0 Å². The highest BCUT2D eigenvalue weighted by molar-refractivity contribution is 5.82. The summed E-state index contributed by atoms with van der Waals surface area (Å²) in [5.41, 5.74) is 0. The van der Waals surface area contributed by atoms with Crippen LogP contribution in [0.1, 0.15) is 64.7 Å². The van der Waals surface area contributed by atoms with Gasteiger partial charge in [0.25, 0.3) is 0 Å². The van der Waals surface area contributed by atoms with Crippen molar-refractivity contribution >= 4 is 23.5 Å². The smallest absolute Gasteiger partial charge is 0.309 e. The van der Waals surface area contributed by atoms with Crippen LogP contribution in [0.3, 0.4) is 0 Å². The lowest BCUT2D eigenvalue weighted by atomic mass is 9.76. The summed E-state index contributed by atoms with van der Waals surface area (Å²) in [5, 5.41) is 0. The molecule has 2 atom stereocenters. The van der Waals surface area contributed by atoms with Crippen LogP contribution in [0.25, 0.3) is 0 Å². The molecule has 0 N–H and O–H groups in total. The minimum Gasteiger partial charge on any atom is -0.465 e. The molecule has 2 aliphatic rings. The summed E-state index contributed by atoms with van der Waals surface area (Å²) in [5.74, 6) is -1.04. The van der Waals surface area contributed by atoms with Crippen molar-refractivity contribution in [3.8, 4) is 0 Å². The maximum atomic E-state index is 12.1. The molecule has 25 heavy (non-hydrogen) atoms. The summed E-state index contributed by atoms with van der Waals surface area (Å²) >= 11 is 0. The average molecular weight is 352 g/mol. The van der Waals surface area contributed by atoms with Gasteiger partial charge >= 0.3 is 11.9 Å². The molecule has 0 aromatic rings. The standard InChI is InChI=1S/C19H28O6/c1-2-4-13(20)5-3-6-14(21)7-8-15(16-9-11-24-18(16)22)17-10-12-25-19(17)23/h15-17H,2-12H2,1H3. The van der Waals surface area contributed by atoms with Gasteiger partial charge in [-0.1, -0.05) is 6.92 Å². The van der Waals surface area contributed by atoms with Gasteiger partial charge in [0.1, 0.15) is 11.6 Å². The van der Waals surface area contributed by atoms with Crippen molar-refractivity contribution in [2.45, 2.75) is 64.7 Å². The van der Waals surface area contributed by atoms with Gasteiger partial charge in [0.2, 0.25) is 0 Å². The molecule has 2 heterocycles. The van der Waals surface area contributed by atoms with E-state index in [0.29, 0.717) is 64.6 Å². The number of hydrogen-bond donors (Lipinski definition) is 0. The zero-order valence-corrected chi connectivity index (χ0v) is 15.0. The van der Waals surface area contributed by atoms with Crippen molar-refractivity contribution in [1.82, 2.24) is 0 Å². The third-order valence-corrected chi connectivity index (χ3v) is 5.18. The molecular weight excluding hydrogens is 324 g/mol. The van der Waals surface area contributed by atoms with E-state index in [2.05, 4.69) is 0 Å². The molecule has 0 aromatic carbocycles. The molecule has 2 rings (SSSR count). The second-order valence-electron chi connectivity index (χ2n) is 7.01. The summed E-state index contributed by atoms with van der Waals surface area (Å²) < 4.78 is 10.1. The first-order valence-corrected chi connectivity index (χ1v) is 9.39. The lowest BCUT2D eigenvalue weighted by Crippen LogP contribution is -2.30. The molecule has 6 nitrogen and oxygen atoms in total. The fourth-order valence-corrected chi connectivity index (χ4v) is 3.82. The van der Waals surface area contributed by atoms with E-state index in [-0.39, 0.29) is 41.3 Å². The Labute approximate surface area is 148 Å². The van der Waals surface area contributed by atoms with Crippen molar-refractivity contribution < 1.29 is 28.7 Å². The predicted molar refractivity (Wildman–Crippen MR) is 89.6 cm³/mol. The molecule has 0 radical (unpaired) electrons. The Hall–Kier alpha value is -1.72. The number of hydrogen-bond acceptors (Lipinski definition) is 6. The van der Waals surface area contributed by atoms with Crippen LogP contribution in [0.2, 0.25) is 0 Å². The van der Waals surface area contributed by atoms with Gasteiger partial charge in [0.05, 0.1) is 25.0 Å². The van der Waals surface area contributed by atoms with Crippen molar-refractivity contribution in [2.75, 3.05) is 13.2 Å². The lowest BCUT2D eigenvalue weighted by Gasteiger charge is -2.24. The van der Waals surface area contributed by atoms with Gasteiger partial charge in [-0.25, -0.2) is 0 Å². The van der Waals surface area contributed by atoms with Crippen LogP contribution < -0.4 is 0 Å². The molecule has 140 valence electrons. The Morgan fingerprint density at radius 3 is 1.88 bits per heavy atom. The van der Waals surface area contributed by atoms with Gasteiger partial charge in [-0.3, -0.25) is 19.2 Å². The quantitative estimate of drug-likeness (QED) is 0.531. The Balaban J connectivity index is 1.82. The SMILES string of the molecule is CCCC(=O)CCCC(=O)CCC(C1CCOC1=O)C1CCOC1=O. The molecule has 2 aliphatic heterocycles. The summed E-state index contributed by atoms with van der Waals surface area (Å²) in [7, 11) is 0. The highest BCUT2D eigenvalue weighted by atomic mass is 16.5. The van der Waals surface area contributed by atoms with Gasteiger partial charge in [0.15, 0.2) is 0 Å². The highest BCUT2D eigenvalue weighted by Gasteiger charge is 2.43. The molecule has 0 bridgehead atoms. The van der Waals surface area contributed by atoms with Gasteiger partial charge in [0, 0.05) is 25.7 Å². The topological polar surface area (TPSA) is 86.7 Å². The third-order valence-electron chi connectivity index (χ3n) is 5.18. The lowest BCUT2D eigenvalue weighted by molar-refractivity contribution is -0.147. The maximum absolute atomic E-state index is 12.1. The normalized spacial score (nSPS) is 24.0. The van der Waals surface area contributed by atoms with Crippen molar-refractivity contribution in [3.63, 3.8) is 0 Å². The minimum atomic E-state index is -0.311. The first kappa shape index (κ1) is 19.6. The van der Waals surface area contributed by atoms with E-state index in [0.717, 1.165) is 6.42 Å². The Morgan fingerprint density at radius 1 is 0.920 bits per heavy atom. The zero-order valence-electron chi connectivity index (χ0n) is 15.0. The van der Waals surface area contributed by atoms with E-state index < -0.39 is 0 Å². The monoisotopic (exact) mass is 352 g/mol. The van der Waals surface area contributed by atoms with Crippen LogP contribution in [0.4, 0.5) is 0 Å². The molecular formula is C19H28O6. The second-order valence-corrected chi connectivity index (χ2v) is 7.01. The van der Waals surface area contributed by atoms with Crippen molar-refractivity contribution in [2.24, 2.45) is 17.8 Å². The Bertz CT molecular complexity index is 486. The molecule has 0 aliphatic carbocycles. The number of esters is 2. The van der Waals surface area contributed by atoms with Gasteiger partial charge < -0.3 is 9.47 Å². The summed E-state index contributed by atoms with van der Waals surface area (Å²) in [4.78, 5) is 47.5. The molecule has 0 aromatic heterocycles. The average Bonchev–Trinajstić information content (AvgIpc) is 3.17. The van der Waals surface area contributed by atoms with Crippen LogP contribution in [0.15, 0.2) is 0 Å². The zero-order chi connectivity index (χ0) is 18.2. The number of cyclic esters (lactones) is 2. The van der Waals surface area contributed by atoms with Crippen molar-refractivity contribution in [1.29, 1.82) is 0 Å². The van der Waals surface area contributed by atoms with E-state index in [1.165, 1.54) is 0 Å². The van der Waals surface area contributed by atoms with Crippen LogP contribution >= 0.6 is 0 Å². The number of carbonyl (C=O) groups is 4. The van der Waals surface area contributed by atoms with Crippen molar-refractivity contribution in [3.05, 3.63) is 0 Å². The fraction of sp³-hybridized carbons (Fsp3) is 0.789. The highest BCUT2D eigenvalue weighted by Crippen LogP contribution is 2.37. The minimum absolute atomic E-state index is 0.0898. The van der Waals surface area contributed by atoms with Gasteiger partial charge in [-0.15, -0.1) is 0 Å². The van der Waals surface area contributed by atoms with E-state index >= 15 is 0 Å². The Kier molecular flexibility index (Phi) is 7.59. The van der Waals surface area contributed by atoms with Crippen LogP contribution in [0.5, 0.6) is 0 Å². The van der Waals surface area contributed by atoms with Crippen LogP contribution in [-0.2, 0) is 28.7 Å². The summed E-state index contributed by atoms with van der Waals surface area (Å²) in [6.45, 7) is 2.73. The fourth-order valence-electron chi connectivity index (χ4n) is 3.82. The molecule has 2 unspecified atom stereocenters. The molecule has 0 saturated carbocycles. The first-order chi connectivity index (χ1) is 12.0. The first-order valence-electron chi connectivity index (χ1n) is 9.39. The Morgan fingerprint density at radius 2 is 1.44 bits per heavy atom. The van der Waals surface area contributed by atoms with E-state index in [1.54, 1.807) is 0 Å². The maximum Gasteiger partial charge on any atom is 0.309 e. The largest absolute Gasteiger partial charge is 0.465 e. The number of ether oxygens (including phenoxy) is 2. The van der Waals surface area contributed by atoms with Crippen LogP contribution in [0, 0.1) is 17.8 Å². The van der Waals surface area contributed by atoms with E-state index in [9.17, 15) is 19.2 Å².